The molecule has 0 unspecified atom stereocenters. The third-order valence-corrected chi connectivity index (χ3v) is 5.87. The number of rotatable bonds is 3. The van der Waals surface area contributed by atoms with Gasteiger partial charge in [-0.15, -0.1) is 0 Å². The van der Waals surface area contributed by atoms with Crippen molar-refractivity contribution >= 4 is 26.5 Å². The summed E-state index contributed by atoms with van der Waals surface area (Å²) in [4.78, 5) is 2.52. The van der Waals surface area contributed by atoms with Crippen LogP contribution in [-0.4, -0.2) is 14.5 Å². The van der Waals surface area contributed by atoms with E-state index in [0.717, 1.165) is 24.2 Å². The number of sulfonamides is 1. The molecular formula is C20H20N2O2S. The van der Waals surface area contributed by atoms with Crippen LogP contribution in [0.3, 0.4) is 0 Å². The summed E-state index contributed by atoms with van der Waals surface area (Å²) in [5.41, 5.74) is 3.40. The molecule has 0 fully saturated rings. The van der Waals surface area contributed by atoms with E-state index in [-0.39, 0.29) is 4.90 Å². The number of benzene rings is 3. The van der Waals surface area contributed by atoms with Crippen LogP contribution in [0.25, 0.3) is 10.8 Å². The molecule has 1 atom stereocenters. The highest BCUT2D eigenvalue weighted by Gasteiger charge is 2.27. The molecule has 128 valence electrons. The summed E-state index contributed by atoms with van der Waals surface area (Å²) in [6.45, 7) is 2.96. The topological polar surface area (TPSA) is 63.4 Å². The van der Waals surface area contributed by atoms with Crippen LogP contribution in [0.2, 0.25) is 0 Å². The van der Waals surface area contributed by atoms with Crippen molar-refractivity contribution in [3.05, 3.63) is 71.8 Å². The fourth-order valence-electron chi connectivity index (χ4n) is 3.70. The second-order valence-corrected chi connectivity index (χ2v) is 8.22. The van der Waals surface area contributed by atoms with E-state index in [0.29, 0.717) is 6.04 Å². The summed E-state index contributed by atoms with van der Waals surface area (Å²) in [7, 11) is -3.67. The van der Waals surface area contributed by atoms with Gasteiger partial charge in [0.25, 0.3) is 0 Å². The highest BCUT2D eigenvalue weighted by Crippen LogP contribution is 2.35. The zero-order chi connectivity index (χ0) is 17.6. The van der Waals surface area contributed by atoms with E-state index >= 15 is 0 Å². The molecule has 25 heavy (non-hydrogen) atoms. The fraction of sp³-hybridized carbons (Fsp3) is 0.200. The minimum atomic E-state index is -3.67. The van der Waals surface area contributed by atoms with Crippen molar-refractivity contribution in [2.75, 3.05) is 4.90 Å². The summed E-state index contributed by atoms with van der Waals surface area (Å²) in [6.07, 6.45) is 0.823. The van der Waals surface area contributed by atoms with Gasteiger partial charge in [-0.05, 0) is 53.4 Å². The van der Waals surface area contributed by atoms with Crippen LogP contribution in [0.4, 0.5) is 5.69 Å². The van der Waals surface area contributed by atoms with Gasteiger partial charge in [0.2, 0.25) is 10.0 Å². The predicted octanol–water partition coefficient (Wildman–Crippen LogP) is 3.44. The Morgan fingerprint density at radius 3 is 2.64 bits per heavy atom. The number of primary sulfonamides is 1. The number of hydrogen-bond donors (Lipinski definition) is 1. The molecule has 0 radical (unpaired) electrons. The smallest absolute Gasteiger partial charge is 0.238 e. The van der Waals surface area contributed by atoms with E-state index in [4.69, 9.17) is 5.14 Å². The predicted molar refractivity (Wildman–Crippen MR) is 101 cm³/mol. The van der Waals surface area contributed by atoms with Crippen LogP contribution < -0.4 is 10.0 Å². The number of nitrogens with two attached hydrogens (primary N) is 1. The van der Waals surface area contributed by atoms with Gasteiger partial charge in [-0.25, -0.2) is 13.6 Å². The summed E-state index contributed by atoms with van der Waals surface area (Å²) >= 11 is 0. The highest BCUT2D eigenvalue weighted by molar-refractivity contribution is 7.89. The van der Waals surface area contributed by atoms with Crippen molar-refractivity contribution in [2.45, 2.75) is 30.8 Å². The summed E-state index contributed by atoms with van der Waals surface area (Å²) in [6, 6.07) is 20.3. The average molecular weight is 352 g/mol. The van der Waals surface area contributed by atoms with Crippen molar-refractivity contribution in [2.24, 2.45) is 5.14 Å². The zero-order valence-electron chi connectivity index (χ0n) is 14.0. The van der Waals surface area contributed by atoms with Crippen LogP contribution in [0, 0.1) is 0 Å². The number of anilines is 1. The maximum absolute atomic E-state index is 11.6. The second kappa shape index (κ2) is 5.86. The van der Waals surface area contributed by atoms with E-state index in [1.54, 1.807) is 12.1 Å². The highest BCUT2D eigenvalue weighted by atomic mass is 32.2. The summed E-state index contributed by atoms with van der Waals surface area (Å²) in [5.74, 6) is 0. The van der Waals surface area contributed by atoms with E-state index < -0.39 is 10.0 Å². The molecule has 1 aliphatic heterocycles. The molecule has 1 aliphatic rings. The maximum Gasteiger partial charge on any atom is 0.238 e. The first-order valence-corrected chi connectivity index (χ1v) is 9.87. The van der Waals surface area contributed by atoms with Gasteiger partial charge in [-0.3, -0.25) is 0 Å². The Morgan fingerprint density at radius 2 is 1.84 bits per heavy atom. The van der Waals surface area contributed by atoms with Crippen LogP contribution in [0.5, 0.6) is 0 Å². The number of nitrogens with zero attached hydrogens (tertiary/aromatic N) is 1. The standard InChI is InChI=1S/C20H20N2O2S/c1-14-11-17-12-18(25(21,23)24)9-10-20(17)22(14)13-16-7-4-6-15-5-2-3-8-19(15)16/h2-10,12,14H,11,13H2,1H3,(H2,21,23,24)/t14-/m1/s1. The molecule has 0 saturated heterocycles. The van der Waals surface area contributed by atoms with Gasteiger partial charge in [0.1, 0.15) is 0 Å². The zero-order valence-corrected chi connectivity index (χ0v) is 14.8. The lowest BCUT2D eigenvalue weighted by molar-refractivity contribution is 0.597. The molecule has 0 spiro atoms. The Bertz CT molecular complexity index is 1050. The first-order valence-electron chi connectivity index (χ1n) is 8.32. The van der Waals surface area contributed by atoms with Crippen molar-refractivity contribution in [3.63, 3.8) is 0 Å². The normalized spacial score (nSPS) is 17.0. The first-order chi connectivity index (χ1) is 11.9. The van der Waals surface area contributed by atoms with E-state index in [2.05, 4.69) is 54.3 Å². The Labute approximate surface area is 147 Å². The maximum atomic E-state index is 11.6. The lowest BCUT2D eigenvalue weighted by Gasteiger charge is -2.25. The lowest BCUT2D eigenvalue weighted by atomic mass is 10.0. The number of fused-ring (bicyclic) bond motifs is 2. The average Bonchev–Trinajstić information content (AvgIpc) is 2.89. The third-order valence-electron chi connectivity index (χ3n) is 4.96. The van der Waals surface area contributed by atoms with Gasteiger partial charge in [-0.1, -0.05) is 42.5 Å². The van der Waals surface area contributed by atoms with Gasteiger partial charge >= 0.3 is 0 Å². The van der Waals surface area contributed by atoms with Gasteiger partial charge in [0.15, 0.2) is 0 Å². The van der Waals surface area contributed by atoms with Crippen LogP contribution in [-0.2, 0) is 23.0 Å². The van der Waals surface area contributed by atoms with Gasteiger partial charge < -0.3 is 4.90 Å². The molecule has 2 N–H and O–H groups in total. The van der Waals surface area contributed by atoms with Gasteiger partial charge in [0.05, 0.1) is 4.90 Å². The fourth-order valence-corrected chi connectivity index (χ4v) is 4.27. The molecule has 3 aromatic carbocycles. The molecule has 1 heterocycles. The third kappa shape index (κ3) is 2.90. The Hall–Kier alpha value is -2.37. The second-order valence-electron chi connectivity index (χ2n) is 6.65. The van der Waals surface area contributed by atoms with E-state index in [1.807, 2.05) is 6.07 Å². The molecule has 0 aliphatic carbocycles. The largest absolute Gasteiger partial charge is 0.364 e. The first kappa shape index (κ1) is 16.1. The number of hydrogen-bond acceptors (Lipinski definition) is 3. The summed E-state index contributed by atoms with van der Waals surface area (Å²) < 4.78 is 23.2. The molecular weight excluding hydrogens is 332 g/mol. The molecule has 4 nitrogen and oxygen atoms in total. The van der Waals surface area contributed by atoms with E-state index in [9.17, 15) is 8.42 Å². The molecule has 3 aromatic rings. The molecule has 0 saturated carbocycles. The van der Waals surface area contributed by atoms with Gasteiger partial charge in [0, 0.05) is 18.3 Å². The van der Waals surface area contributed by atoms with Crippen molar-refractivity contribution in [1.82, 2.24) is 0 Å². The quantitative estimate of drug-likeness (QED) is 0.785. The summed E-state index contributed by atoms with van der Waals surface area (Å²) in [5, 5.41) is 7.75. The van der Waals surface area contributed by atoms with Gasteiger partial charge in [-0.2, -0.15) is 0 Å². The Balaban J connectivity index is 1.73. The van der Waals surface area contributed by atoms with Crippen molar-refractivity contribution < 1.29 is 8.42 Å². The molecule has 5 heteroatoms. The molecule has 0 bridgehead atoms. The van der Waals surface area contributed by atoms with Crippen LogP contribution in [0.15, 0.2) is 65.6 Å². The Morgan fingerprint density at radius 1 is 1.08 bits per heavy atom. The molecule has 4 rings (SSSR count). The molecule has 0 aromatic heterocycles. The minimum Gasteiger partial charge on any atom is -0.364 e. The molecule has 0 amide bonds. The van der Waals surface area contributed by atoms with E-state index in [1.165, 1.54) is 16.3 Å². The minimum absolute atomic E-state index is 0.186. The lowest BCUT2D eigenvalue weighted by Crippen LogP contribution is -2.28. The SMILES string of the molecule is C[C@@H]1Cc2cc(S(N)(=O)=O)ccc2N1Cc1cccc2ccccc12. The Kier molecular flexibility index (Phi) is 3.78. The monoisotopic (exact) mass is 352 g/mol. The van der Waals surface area contributed by atoms with Crippen molar-refractivity contribution in [1.29, 1.82) is 0 Å². The van der Waals surface area contributed by atoms with Crippen LogP contribution in [0.1, 0.15) is 18.1 Å². The van der Waals surface area contributed by atoms with Crippen LogP contribution >= 0.6 is 0 Å². The van der Waals surface area contributed by atoms with Crippen molar-refractivity contribution in [3.8, 4) is 0 Å².